The van der Waals surface area contributed by atoms with Crippen LogP contribution in [0.3, 0.4) is 0 Å². The monoisotopic (exact) mass is 275 g/mol. The molecule has 4 heteroatoms. The van der Waals surface area contributed by atoms with Crippen LogP contribution < -0.4 is 0 Å². The van der Waals surface area contributed by atoms with Crippen LogP contribution in [0.5, 0.6) is 0 Å². The number of nitrogens with zero attached hydrogens (tertiary/aromatic N) is 1. The van der Waals surface area contributed by atoms with Crippen LogP contribution in [-0.4, -0.2) is 28.4 Å². The summed E-state index contributed by atoms with van der Waals surface area (Å²) in [5.41, 5.74) is 0.980. The highest BCUT2D eigenvalue weighted by Crippen LogP contribution is 2.25. The molecule has 2 rings (SSSR count). The standard InChI is InChI=1S/C16H21NO3/c18-9-5-4-8-14-10-15(19)17(16(20)11-14)12-13-6-2-1-3-7-13/h1-3,6-7,14,18H,4-5,8-12H2. The van der Waals surface area contributed by atoms with Gasteiger partial charge in [-0.05, 0) is 24.3 Å². The fourth-order valence-electron chi connectivity index (χ4n) is 2.62. The Labute approximate surface area is 119 Å². The van der Waals surface area contributed by atoms with Crippen molar-refractivity contribution >= 4 is 11.8 Å². The van der Waals surface area contributed by atoms with Gasteiger partial charge in [0.2, 0.25) is 11.8 Å². The first-order valence-electron chi connectivity index (χ1n) is 7.18. The first kappa shape index (κ1) is 14.7. The van der Waals surface area contributed by atoms with Gasteiger partial charge in [-0.15, -0.1) is 0 Å². The molecule has 1 saturated heterocycles. The van der Waals surface area contributed by atoms with Gasteiger partial charge in [0.15, 0.2) is 0 Å². The molecule has 0 unspecified atom stereocenters. The molecule has 0 saturated carbocycles. The summed E-state index contributed by atoms with van der Waals surface area (Å²) in [6, 6.07) is 9.58. The van der Waals surface area contributed by atoms with Crippen LogP contribution in [0.4, 0.5) is 0 Å². The molecule has 0 atom stereocenters. The van der Waals surface area contributed by atoms with Gasteiger partial charge in [0, 0.05) is 19.4 Å². The Balaban J connectivity index is 1.90. The van der Waals surface area contributed by atoms with Gasteiger partial charge in [0.1, 0.15) is 0 Å². The molecule has 1 aliphatic heterocycles. The summed E-state index contributed by atoms with van der Waals surface area (Å²) >= 11 is 0. The predicted octanol–water partition coefficient (Wildman–Crippen LogP) is 2.11. The first-order valence-corrected chi connectivity index (χ1v) is 7.18. The molecule has 1 heterocycles. The average Bonchev–Trinajstić information content (AvgIpc) is 2.44. The third-order valence-corrected chi connectivity index (χ3v) is 3.73. The van der Waals surface area contributed by atoms with E-state index in [1.54, 1.807) is 0 Å². The molecule has 1 aromatic carbocycles. The van der Waals surface area contributed by atoms with Crippen LogP contribution >= 0.6 is 0 Å². The van der Waals surface area contributed by atoms with Crippen molar-refractivity contribution < 1.29 is 14.7 Å². The fourth-order valence-corrected chi connectivity index (χ4v) is 2.62. The molecule has 0 spiro atoms. The Hall–Kier alpha value is -1.68. The van der Waals surface area contributed by atoms with E-state index in [0.29, 0.717) is 19.4 Å². The molecule has 0 radical (unpaired) electrons. The number of rotatable bonds is 6. The highest BCUT2D eigenvalue weighted by molar-refractivity contribution is 5.97. The van der Waals surface area contributed by atoms with E-state index in [1.165, 1.54) is 4.90 Å². The van der Waals surface area contributed by atoms with Gasteiger partial charge in [0.25, 0.3) is 0 Å². The van der Waals surface area contributed by atoms with Gasteiger partial charge in [0.05, 0.1) is 6.54 Å². The number of unbranched alkanes of at least 4 members (excludes halogenated alkanes) is 1. The minimum absolute atomic E-state index is 0.0703. The number of benzene rings is 1. The van der Waals surface area contributed by atoms with Gasteiger partial charge >= 0.3 is 0 Å². The lowest BCUT2D eigenvalue weighted by atomic mass is 9.90. The summed E-state index contributed by atoms with van der Waals surface area (Å²) < 4.78 is 0. The van der Waals surface area contributed by atoms with Crippen LogP contribution in [0.2, 0.25) is 0 Å². The number of hydrogen-bond acceptors (Lipinski definition) is 3. The van der Waals surface area contributed by atoms with E-state index in [-0.39, 0.29) is 24.3 Å². The van der Waals surface area contributed by atoms with Gasteiger partial charge < -0.3 is 5.11 Å². The number of likely N-dealkylation sites (tertiary alicyclic amines) is 1. The molecule has 1 aromatic rings. The van der Waals surface area contributed by atoms with E-state index in [9.17, 15) is 9.59 Å². The molecular formula is C16H21NO3. The number of carbonyl (C=O) groups excluding carboxylic acids is 2. The van der Waals surface area contributed by atoms with E-state index in [2.05, 4.69) is 0 Å². The summed E-state index contributed by atoms with van der Waals surface area (Å²) in [4.78, 5) is 25.6. The molecule has 1 fully saturated rings. The van der Waals surface area contributed by atoms with Crippen molar-refractivity contribution in [3.63, 3.8) is 0 Å². The Morgan fingerprint density at radius 1 is 1.05 bits per heavy atom. The Bertz CT molecular complexity index is 440. The number of aliphatic hydroxyl groups excluding tert-OH is 1. The van der Waals surface area contributed by atoms with Gasteiger partial charge in [-0.3, -0.25) is 14.5 Å². The summed E-state index contributed by atoms with van der Waals surface area (Å²) in [5, 5.41) is 8.76. The zero-order chi connectivity index (χ0) is 14.4. The largest absolute Gasteiger partial charge is 0.396 e. The van der Waals surface area contributed by atoms with E-state index in [1.807, 2.05) is 30.3 Å². The van der Waals surface area contributed by atoms with E-state index in [4.69, 9.17) is 5.11 Å². The smallest absolute Gasteiger partial charge is 0.229 e. The van der Waals surface area contributed by atoms with Crippen LogP contribution in [0.15, 0.2) is 30.3 Å². The lowest BCUT2D eigenvalue weighted by Gasteiger charge is -2.30. The van der Waals surface area contributed by atoms with Crippen LogP contribution in [-0.2, 0) is 16.1 Å². The second-order valence-electron chi connectivity index (χ2n) is 5.35. The van der Waals surface area contributed by atoms with Gasteiger partial charge in [-0.25, -0.2) is 0 Å². The van der Waals surface area contributed by atoms with Gasteiger partial charge in [-0.2, -0.15) is 0 Å². The highest BCUT2D eigenvalue weighted by atomic mass is 16.3. The van der Waals surface area contributed by atoms with Crippen molar-refractivity contribution in [2.45, 2.75) is 38.6 Å². The van der Waals surface area contributed by atoms with Gasteiger partial charge in [-0.1, -0.05) is 36.8 Å². The predicted molar refractivity (Wildman–Crippen MR) is 75.7 cm³/mol. The number of amides is 2. The summed E-state index contributed by atoms with van der Waals surface area (Å²) in [6.07, 6.45) is 3.36. The van der Waals surface area contributed by atoms with E-state index >= 15 is 0 Å². The highest BCUT2D eigenvalue weighted by Gasteiger charge is 2.31. The number of carbonyl (C=O) groups is 2. The second kappa shape index (κ2) is 7.20. The van der Waals surface area contributed by atoms with Crippen molar-refractivity contribution in [3.8, 4) is 0 Å². The molecule has 0 aliphatic carbocycles. The maximum atomic E-state index is 12.1. The first-order chi connectivity index (χ1) is 9.70. The number of hydrogen-bond donors (Lipinski definition) is 1. The number of piperidine rings is 1. The Morgan fingerprint density at radius 2 is 1.70 bits per heavy atom. The van der Waals surface area contributed by atoms with Crippen molar-refractivity contribution in [2.24, 2.45) is 5.92 Å². The number of imide groups is 1. The topological polar surface area (TPSA) is 57.6 Å². The molecule has 1 N–H and O–H groups in total. The molecule has 2 amide bonds. The maximum Gasteiger partial charge on any atom is 0.229 e. The average molecular weight is 275 g/mol. The molecule has 108 valence electrons. The Kier molecular flexibility index (Phi) is 5.30. The molecule has 1 aliphatic rings. The minimum atomic E-state index is -0.0703. The maximum absolute atomic E-state index is 12.1. The summed E-state index contributed by atoms with van der Waals surface area (Å²) in [6.45, 7) is 0.552. The molecule has 0 aromatic heterocycles. The fraction of sp³-hybridized carbons (Fsp3) is 0.500. The summed E-state index contributed by atoms with van der Waals surface area (Å²) in [5.74, 6) is 0.00627. The lowest BCUT2D eigenvalue weighted by Crippen LogP contribution is -2.42. The second-order valence-corrected chi connectivity index (χ2v) is 5.35. The van der Waals surface area contributed by atoms with Crippen LogP contribution in [0, 0.1) is 5.92 Å². The zero-order valence-electron chi connectivity index (χ0n) is 11.6. The molecular weight excluding hydrogens is 254 g/mol. The van der Waals surface area contributed by atoms with Crippen LogP contribution in [0.25, 0.3) is 0 Å². The molecule has 20 heavy (non-hydrogen) atoms. The molecule has 0 bridgehead atoms. The minimum Gasteiger partial charge on any atom is -0.396 e. The van der Waals surface area contributed by atoms with Crippen molar-refractivity contribution in [1.82, 2.24) is 4.90 Å². The van der Waals surface area contributed by atoms with Crippen molar-refractivity contribution in [3.05, 3.63) is 35.9 Å². The third-order valence-electron chi connectivity index (χ3n) is 3.73. The normalized spacial score (nSPS) is 16.8. The summed E-state index contributed by atoms with van der Waals surface area (Å²) in [7, 11) is 0. The third kappa shape index (κ3) is 3.90. The van der Waals surface area contributed by atoms with Crippen LogP contribution in [0.1, 0.15) is 37.7 Å². The lowest BCUT2D eigenvalue weighted by molar-refractivity contribution is -0.150. The quantitative estimate of drug-likeness (QED) is 0.639. The Morgan fingerprint density at radius 3 is 2.30 bits per heavy atom. The molecule has 4 nitrogen and oxygen atoms in total. The van der Waals surface area contributed by atoms with E-state index in [0.717, 1.165) is 24.8 Å². The number of aliphatic hydroxyl groups is 1. The SMILES string of the molecule is O=C1CC(CCCCO)CC(=O)N1Cc1ccccc1. The van der Waals surface area contributed by atoms with Crippen molar-refractivity contribution in [1.29, 1.82) is 0 Å². The van der Waals surface area contributed by atoms with E-state index < -0.39 is 0 Å². The van der Waals surface area contributed by atoms with Crippen molar-refractivity contribution in [2.75, 3.05) is 6.61 Å². The zero-order valence-corrected chi connectivity index (χ0v) is 11.6.